The van der Waals surface area contributed by atoms with Crippen LogP contribution in [0.2, 0.25) is 0 Å². The Morgan fingerprint density at radius 2 is 1.81 bits per heavy atom. The second-order valence-corrected chi connectivity index (χ2v) is 5.43. The Balaban J connectivity index is 2.08. The van der Waals surface area contributed by atoms with Gasteiger partial charge in [-0.3, -0.25) is 0 Å². The lowest BCUT2D eigenvalue weighted by Crippen LogP contribution is -2.13. The Hall–Kier alpha value is -1.72. The fourth-order valence-electron chi connectivity index (χ4n) is 1.99. The topological polar surface area (TPSA) is 50.7 Å². The minimum absolute atomic E-state index is 0.380. The summed E-state index contributed by atoms with van der Waals surface area (Å²) < 4.78 is 11.5. The van der Waals surface area contributed by atoms with Crippen LogP contribution >= 0.6 is 15.9 Å². The van der Waals surface area contributed by atoms with Gasteiger partial charge in [-0.2, -0.15) is 0 Å². The number of halogens is 1. The first kappa shape index (κ1) is 15.7. The maximum absolute atomic E-state index is 10.4. The van der Waals surface area contributed by atoms with Crippen molar-refractivity contribution >= 4 is 21.6 Å². The summed E-state index contributed by atoms with van der Waals surface area (Å²) in [5.74, 6) is 1.33. The third kappa shape index (κ3) is 4.12. The second kappa shape index (κ2) is 7.33. The monoisotopic (exact) mass is 351 g/mol. The van der Waals surface area contributed by atoms with Crippen LogP contribution in [0, 0.1) is 0 Å². The molecule has 112 valence electrons. The molecule has 0 bridgehead atoms. The van der Waals surface area contributed by atoms with Crippen LogP contribution in [0.15, 0.2) is 46.9 Å². The summed E-state index contributed by atoms with van der Waals surface area (Å²) in [4.78, 5) is 0. The van der Waals surface area contributed by atoms with Gasteiger partial charge in [-0.05, 0) is 42.5 Å². The maximum atomic E-state index is 10.4. The average molecular weight is 352 g/mol. The Morgan fingerprint density at radius 1 is 1.10 bits per heavy atom. The Labute approximate surface area is 132 Å². The van der Waals surface area contributed by atoms with Crippen molar-refractivity contribution in [2.24, 2.45) is 0 Å². The van der Waals surface area contributed by atoms with E-state index in [4.69, 9.17) is 9.47 Å². The minimum Gasteiger partial charge on any atom is -0.497 e. The Bertz CT molecular complexity index is 587. The van der Waals surface area contributed by atoms with Crippen molar-refractivity contribution in [1.29, 1.82) is 0 Å². The van der Waals surface area contributed by atoms with Gasteiger partial charge < -0.3 is 19.9 Å². The molecule has 0 heterocycles. The van der Waals surface area contributed by atoms with E-state index in [1.807, 2.05) is 24.3 Å². The maximum Gasteiger partial charge on any atom is 0.124 e. The summed E-state index contributed by atoms with van der Waals surface area (Å²) >= 11 is 3.39. The molecule has 0 saturated carbocycles. The number of hydrogen-bond acceptors (Lipinski definition) is 4. The van der Waals surface area contributed by atoms with Crippen LogP contribution in [0.5, 0.6) is 11.5 Å². The molecule has 5 heteroatoms. The van der Waals surface area contributed by atoms with Crippen LogP contribution in [0.4, 0.5) is 5.69 Å². The highest BCUT2D eigenvalue weighted by Gasteiger charge is 2.14. The molecule has 21 heavy (non-hydrogen) atoms. The number of benzene rings is 2. The molecule has 0 radical (unpaired) electrons. The average Bonchev–Trinajstić information content (AvgIpc) is 2.53. The zero-order chi connectivity index (χ0) is 15.2. The predicted molar refractivity (Wildman–Crippen MR) is 87.1 cm³/mol. The van der Waals surface area contributed by atoms with Crippen LogP contribution in [0.3, 0.4) is 0 Å². The van der Waals surface area contributed by atoms with E-state index in [1.165, 1.54) is 0 Å². The van der Waals surface area contributed by atoms with E-state index in [0.29, 0.717) is 23.6 Å². The largest absolute Gasteiger partial charge is 0.497 e. The number of nitrogens with one attached hydrogen (secondary N) is 1. The van der Waals surface area contributed by atoms with Gasteiger partial charge in [0.05, 0.1) is 20.3 Å². The number of hydrogen-bond donors (Lipinski definition) is 2. The molecule has 0 aliphatic rings. The van der Waals surface area contributed by atoms with Crippen molar-refractivity contribution in [3.8, 4) is 11.5 Å². The summed E-state index contributed by atoms with van der Waals surface area (Å²) in [7, 11) is 3.18. The molecule has 1 unspecified atom stereocenters. The van der Waals surface area contributed by atoms with Crippen LogP contribution in [-0.2, 0) is 0 Å². The lowest BCUT2D eigenvalue weighted by Gasteiger charge is -2.17. The molecule has 2 aromatic carbocycles. The van der Waals surface area contributed by atoms with Gasteiger partial charge in [0.2, 0.25) is 0 Å². The smallest absolute Gasteiger partial charge is 0.124 e. The van der Waals surface area contributed by atoms with Crippen molar-refractivity contribution < 1.29 is 14.6 Å². The standard InChI is InChI=1S/C16H18BrNO3/c1-20-13-7-8-16(21-2)14(9-13)15(19)10-18-12-5-3-11(17)4-6-12/h3-9,15,18-19H,10H2,1-2H3. The summed E-state index contributed by atoms with van der Waals surface area (Å²) in [6, 6.07) is 13.2. The molecule has 2 rings (SSSR count). The molecule has 2 N–H and O–H groups in total. The van der Waals surface area contributed by atoms with Crippen molar-refractivity contribution in [3.63, 3.8) is 0 Å². The number of methoxy groups -OCH3 is 2. The molecule has 2 aromatic rings. The molecule has 4 nitrogen and oxygen atoms in total. The Morgan fingerprint density at radius 3 is 2.43 bits per heavy atom. The van der Waals surface area contributed by atoms with Crippen molar-refractivity contribution in [2.75, 3.05) is 26.1 Å². The second-order valence-electron chi connectivity index (χ2n) is 4.51. The SMILES string of the molecule is COc1ccc(OC)c(C(O)CNc2ccc(Br)cc2)c1. The molecule has 0 aliphatic heterocycles. The molecule has 0 aliphatic carbocycles. The quantitative estimate of drug-likeness (QED) is 0.834. The van der Waals surface area contributed by atoms with Crippen LogP contribution in [0.25, 0.3) is 0 Å². The van der Waals surface area contributed by atoms with Gasteiger partial charge in [0, 0.05) is 22.3 Å². The molecule has 0 fully saturated rings. The molecular weight excluding hydrogens is 334 g/mol. The predicted octanol–water partition coefficient (Wildman–Crippen LogP) is 3.61. The highest BCUT2D eigenvalue weighted by molar-refractivity contribution is 9.10. The normalized spacial score (nSPS) is 11.8. The summed E-state index contributed by atoms with van der Waals surface area (Å²) in [5, 5.41) is 13.6. The number of rotatable bonds is 6. The van der Waals surface area contributed by atoms with Gasteiger partial charge in [-0.1, -0.05) is 15.9 Å². The van der Waals surface area contributed by atoms with E-state index < -0.39 is 6.10 Å². The van der Waals surface area contributed by atoms with E-state index in [1.54, 1.807) is 32.4 Å². The lowest BCUT2D eigenvalue weighted by atomic mass is 10.1. The highest BCUT2D eigenvalue weighted by atomic mass is 79.9. The van der Waals surface area contributed by atoms with Crippen LogP contribution < -0.4 is 14.8 Å². The van der Waals surface area contributed by atoms with E-state index in [-0.39, 0.29) is 0 Å². The number of aliphatic hydroxyl groups is 1. The first-order valence-electron chi connectivity index (χ1n) is 6.53. The third-order valence-corrected chi connectivity index (χ3v) is 3.67. The molecule has 0 saturated heterocycles. The number of ether oxygens (including phenoxy) is 2. The Kier molecular flexibility index (Phi) is 5.47. The van der Waals surface area contributed by atoms with Crippen LogP contribution in [-0.4, -0.2) is 25.9 Å². The minimum atomic E-state index is -0.696. The first-order valence-corrected chi connectivity index (χ1v) is 7.32. The molecule has 0 aromatic heterocycles. The van der Waals surface area contributed by atoms with E-state index >= 15 is 0 Å². The lowest BCUT2D eigenvalue weighted by molar-refractivity contribution is 0.186. The summed E-state index contributed by atoms with van der Waals surface area (Å²) in [6.07, 6.45) is -0.696. The summed E-state index contributed by atoms with van der Waals surface area (Å²) in [6.45, 7) is 0.380. The van der Waals surface area contributed by atoms with Crippen LogP contribution in [0.1, 0.15) is 11.7 Å². The zero-order valence-corrected chi connectivity index (χ0v) is 13.6. The highest BCUT2D eigenvalue weighted by Crippen LogP contribution is 2.29. The molecule has 0 spiro atoms. The first-order chi connectivity index (χ1) is 10.1. The van der Waals surface area contributed by atoms with Gasteiger partial charge in [-0.25, -0.2) is 0 Å². The van der Waals surface area contributed by atoms with Gasteiger partial charge in [-0.15, -0.1) is 0 Å². The summed E-state index contributed by atoms with van der Waals surface area (Å²) in [5.41, 5.74) is 1.64. The van der Waals surface area contributed by atoms with Gasteiger partial charge >= 0.3 is 0 Å². The van der Waals surface area contributed by atoms with E-state index in [0.717, 1.165) is 10.2 Å². The number of anilines is 1. The van der Waals surface area contributed by atoms with Gasteiger partial charge in [0.1, 0.15) is 11.5 Å². The third-order valence-electron chi connectivity index (χ3n) is 3.14. The van der Waals surface area contributed by atoms with E-state index in [9.17, 15) is 5.11 Å². The molecular formula is C16H18BrNO3. The molecule has 0 amide bonds. The van der Waals surface area contributed by atoms with Gasteiger partial charge in [0.15, 0.2) is 0 Å². The van der Waals surface area contributed by atoms with Crippen molar-refractivity contribution in [1.82, 2.24) is 0 Å². The van der Waals surface area contributed by atoms with Gasteiger partial charge in [0.25, 0.3) is 0 Å². The van der Waals surface area contributed by atoms with E-state index in [2.05, 4.69) is 21.2 Å². The van der Waals surface area contributed by atoms with Crippen molar-refractivity contribution in [2.45, 2.75) is 6.10 Å². The fourth-order valence-corrected chi connectivity index (χ4v) is 2.26. The number of aliphatic hydroxyl groups excluding tert-OH is 1. The zero-order valence-electron chi connectivity index (χ0n) is 12.0. The molecule has 1 atom stereocenters. The van der Waals surface area contributed by atoms with Crippen molar-refractivity contribution in [3.05, 3.63) is 52.5 Å². The fraction of sp³-hybridized carbons (Fsp3) is 0.250.